The van der Waals surface area contributed by atoms with Crippen LogP contribution in [0.5, 0.6) is 0 Å². The van der Waals surface area contributed by atoms with Crippen LogP contribution >= 0.6 is 0 Å². The summed E-state index contributed by atoms with van der Waals surface area (Å²) in [5, 5.41) is 19.0. The van der Waals surface area contributed by atoms with Crippen molar-refractivity contribution in [1.82, 2.24) is 4.90 Å². The van der Waals surface area contributed by atoms with Crippen LogP contribution in [0.15, 0.2) is 0 Å². The van der Waals surface area contributed by atoms with Crippen LogP contribution in [0.3, 0.4) is 0 Å². The van der Waals surface area contributed by atoms with Gasteiger partial charge in [-0.25, -0.2) is 4.79 Å². The van der Waals surface area contributed by atoms with Gasteiger partial charge in [0.05, 0.1) is 12.1 Å². The van der Waals surface area contributed by atoms with Gasteiger partial charge in [0, 0.05) is 6.54 Å². The first-order valence-electron chi connectivity index (χ1n) is 4.18. The lowest BCUT2D eigenvalue weighted by Crippen LogP contribution is -2.43. The van der Waals surface area contributed by atoms with Gasteiger partial charge in [-0.05, 0) is 0 Å². The van der Waals surface area contributed by atoms with E-state index in [-0.39, 0.29) is 13.2 Å². The zero-order chi connectivity index (χ0) is 9.59. The Hall–Kier alpha value is -0.850. The van der Waals surface area contributed by atoms with Crippen LogP contribution in [0.1, 0.15) is 0 Å². The molecule has 2 aliphatic heterocycles. The summed E-state index contributed by atoms with van der Waals surface area (Å²) in [6.07, 6.45) is -2.40. The van der Waals surface area contributed by atoms with Crippen molar-refractivity contribution in [3.05, 3.63) is 0 Å². The second kappa shape index (κ2) is 2.83. The normalized spacial score (nSPS) is 43.6. The number of ether oxygens (including phenoxy) is 1. The van der Waals surface area contributed by atoms with Crippen molar-refractivity contribution >= 4 is 6.09 Å². The Balaban J connectivity index is 2.25. The first kappa shape index (κ1) is 8.74. The summed E-state index contributed by atoms with van der Waals surface area (Å²) in [7, 11) is 0. The van der Waals surface area contributed by atoms with Crippen LogP contribution in [0.4, 0.5) is 4.79 Å². The van der Waals surface area contributed by atoms with Crippen molar-refractivity contribution in [2.45, 2.75) is 24.3 Å². The molecule has 13 heavy (non-hydrogen) atoms. The predicted molar refractivity (Wildman–Crippen MR) is 41.8 cm³/mol. The third-order valence-electron chi connectivity index (χ3n) is 2.68. The van der Waals surface area contributed by atoms with E-state index in [0.29, 0.717) is 0 Å². The lowest BCUT2D eigenvalue weighted by atomic mass is 10.1. The topological polar surface area (TPSA) is 96.0 Å². The summed E-state index contributed by atoms with van der Waals surface area (Å²) in [6, 6.07) is -0.953. The maximum atomic E-state index is 11.1. The Labute approximate surface area is 74.9 Å². The minimum Gasteiger partial charge on any atom is -0.447 e. The van der Waals surface area contributed by atoms with E-state index >= 15 is 0 Å². The molecule has 2 heterocycles. The lowest BCUT2D eigenvalue weighted by molar-refractivity contribution is 0.0198. The van der Waals surface area contributed by atoms with Crippen LogP contribution < -0.4 is 5.73 Å². The van der Waals surface area contributed by atoms with E-state index in [9.17, 15) is 15.0 Å². The number of rotatable bonds is 1. The van der Waals surface area contributed by atoms with Gasteiger partial charge in [0.15, 0.2) is 0 Å². The highest BCUT2D eigenvalue weighted by Crippen LogP contribution is 2.29. The number of aliphatic hydroxyl groups is 2. The molecule has 6 heteroatoms. The van der Waals surface area contributed by atoms with E-state index in [1.54, 1.807) is 0 Å². The van der Waals surface area contributed by atoms with Crippen LogP contribution in [0.25, 0.3) is 0 Å². The average molecular weight is 188 g/mol. The number of nitrogens with zero attached hydrogens (tertiary/aromatic N) is 1. The number of carbonyl (C=O) groups excluding carboxylic acids is 1. The second-order valence-corrected chi connectivity index (χ2v) is 3.34. The molecule has 0 aliphatic carbocycles. The number of nitrogens with two attached hydrogens (primary N) is 1. The number of hydrogen-bond donors (Lipinski definition) is 3. The van der Waals surface area contributed by atoms with E-state index in [1.165, 1.54) is 4.90 Å². The predicted octanol–water partition coefficient (Wildman–Crippen LogP) is -2.13. The van der Waals surface area contributed by atoms with Crippen molar-refractivity contribution in [1.29, 1.82) is 0 Å². The largest absolute Gasteiger partial charge is 0.447 e. The summed E-state index contributed by atoms with van der Waals surface area (Å²) >= 11 is 0. The third kappa shape index (κ3) is 1.03. The molecule has 0 radical (unpaired) electrons. The van der Waals surface area contributed by atoms with Gasteiger partial charge >= 0.3 is 6.09 Å². The Morgan fingerprint density at radius 1 is 1.54 bits per heavy atom. The Morgan fingerprint density at radius 3 is 2.85 bits per heavy atom. The zero-order valence-corrected chi connectivity index (χ0v) is 6.96. The summed E-state index contributed by atoms with van der Waals surface area (Å²) in [6.45, 7) is 0.261. The summed E-state index contributed by atoms with van der Waals surface area (Å²) in [4.78, 5) is 12.5. The van der Waals surface area contributed by atoms with Gasteiger partial charge in [0.1, 0.15) is 18.8 Å². The Bertz CT molecular complexity index is 233. The van der Waals surface area contributed by atoms with Crippen molar-refractivity contribution < 1.29 is 19.7 Å². The highest BCUT2D eigenvalue weighted by Gasteiger charge is 2.53. The molecule has 2 fully saturated rings. The molecule has 4 N–H and O–H groups in total. The number of hydrogen-bond acceptors (Lipinski definition) is 5. The fourth-order valence-electron chi connectivity index (χ4n) is 1.96. The molecule has 1 amide bonds. The fraction of sp³-hybridized carbons (Fsp3) is 0.857. The van der Waals surface area contributed by atoms with Gasteiger partial charge in [-0.1, -0.05) is 0 Å². The number of aliphatic hydroxyl groups excluding tert-OH is 2. The maximum absolute atomic E-state index is 11.1. The molecule has 0 spiro atoms. The molecule has 2 rings (SSSR count). The van der Waals surface area contributed by atoms with Crippen LogP contribution in [0, 0.1) is 0 Å². The lowest BCUT2D eigenvalue weighted by Gasteiger charge is -2.20. The van der Waals surface area contributed by atoms with E-state index in [4.69, 9.17) is 10.5 Å². The van der Waals surface area contributed by atoms with E-state index < -0.39 is 30.4 Å². The van der Waals surface area contributed by atoms with Crippen molar-refractivity contribution in [2.75, 3.05) is 13.2 Å². The van der Waals surface area contributed by atoms with E-state index in [2.05, 4.69) is 0 Å². The standard InChI is InChI=1S/C7H12N2O4/c8-1-3-5(10)6(11)4-2-13-7(12)9(3)4/h3-6,10-11H,1-2,8H2/t3-,4-,5-,6+/m0/s1. The molecule has 0 saturated carbocycles. The van der Waals surface area contributed by atoms with Gasteiger partial charge in [0.2, 0.25) is 0 Å². The van der Waals surface area contributed by atoms with Gasteiger partial charge in [-0.15, -0.1) is 0 Å². The molecule has 0 aromatic carbocycles. The van der Waals surface area contributed by atoms with Crippen LogP contribution in [0.2, 0.25) is 0 Å². The molecular weight excluding hydrogens is 176 g/mol. The monoisotopic (exact) mass is 188 g/mol. The summed E-state index contributed by atoms with van der Waals surface area (Å²) in [5.41, 5.74) is 5.38. The zero-order valence-electron chi connectivity index (χ0n) is 6.96. The van der Waals surface area contributed by atoms with E-state index in [0.717, 1.165) is 0 Å². The SMILES string of the molecule is NC[C@H]1[C@H](O)[C@H](O)[C@@H]2COC(=O)N12. The van der Waals surface area contributed by atoms with Crippen molar-refractivity contribution in [2.24, 2.45) is 5.73 Å². The third-order valence-corrected chi connectivity index (χ3v) is 2.68. The van der Waals surface area contributed by atoms with Gasteiger partial charge in [-0.2, -0.15) is 0 Å². The number of carbonyl (C=O) groups is 1. The highest BCUT2D eigenvalue weighted by atomic mass is 16.6. The molecule has 2 saturated heterocycles. The average Bonchev–Trinajstić information content (AvgIpc) is 2.58. The van der Waals surface area contributed by atoms with Crippen LogP contribution in [-0.4, -0.2) is 58.6 Å². The Morgan fingerprint density at radius 2 is 2.23 bits per heavy atom. The molecule has 6 nitrogen and oxygen atoms in total. The number of fused-ring (bicyclic) bond motifs is 1. The molecule has 2 aliphatic rings. The van der Waals surface area contributed by atoms with Crippen LogP contribution in [-0.2, 0) is 4.74 Å². The molecular formula is C7H12N2O4. The first-order chi connectivity index (χ1) is 6.16. The summed E-state index contributed by atoms with van der Waals surface area (Å²) < 4.78 is 4.73. The maximum Gasteiger partial charge on any atom is 0.410 e. The molecule has 4 atom stereocenters. The Kier molecular flexibility index (Phi) is 1.90. The number of cyclic esters (lactones) is 1. The molecule has 0 bridgehead atoms. The van der Waals surface area contributed by atoms with Gasteiger partial charge in [0.25, 0.3) is 0 Å². The minimum absolute atomic E-state index is 0.129. The van der Waals surface area contributed by atoms with Gasteiger partial charge < -0.3 is 20.7 Å². The number of amides is 1. The fourth-order valence-corrected chi connectivity index (χ4v) is 1.96. The summed E-state index contributed by atoms with van der Waals surface area (Å²) in [5.74, 6) is 0. The second-order valence-electron chi connectivity index (χ2n) is 3.34. The first-order valence-corrected chi connectivity index (χ1v) is 4.18. The molecule has 74 valence electrons. The highest BCUT2D eigenvalue weighted by molar-refractivity contribution is 5.71. The van der Waals surface area contributed by atoms with Crippen molar-refractivity contribution in [3.63, 3.8) is 0 Å². The smallest absolute Gasteiger partial charge is 0.410 e. The van der Waals surface area contributed by atoms with Gasteiger partial charge in [-0.3, -0.25) is 4.90 Å². The minimum atomic E-state index is -0.956. The van der Waals surface area contributed by atoms with Crippen molar-refractivity contribution in [3.8, 4) is 0 Å². The molecule has 0 aromatic rings. The molecule has 0 aromatic heterocycles. The van der Waals surface area contributed by atoms with E-state index in [1.807, 2.05) is 0 Å². The molecule has 0 unspecified atom stereocenters. The quantitative estimate of drug-likeness (QED) is 0.437.